The van der Waals surface area contributed by atoms with Gasteiger partial charge in [-0.05, 0) is 50.1 Å². The van der Waals surface area contributed by atoms with E-state index in [-0.39, 0.29) is 45.9 Å². The Morgan fingerprint density at radius 3 is 2.62 bits per heavy atom. The van der Waals surface area contributed by atoms with Crippen LogP contribution in [-0.4, -0.2) is 28.8 Å². The molecule has 1 heterocycles. The van der Waals surface area contributed by atoms with Gasteiger partial charge in [-0.15, -0.1) is 0 Å². The second-order valence-corrected chi connectivity index (χ2v) is 9.66. The fourth-order valence-corrected chi connectivity index (χ4v) is 4.19. The van der Waals surface area contributed by atoms with E-state index in [1.54, 1.807) is 17.9 Å². The number of nitrogens with zero attached hydrogens (tertiary/aromatic N) is 3. The van der Waals surface area contributed by atoms with Crippen LogP contribution >= 0.6 is 11.6 Å². The van der Waals surface area contributed by atoms with E-state index >= 15 is 0 Å². The first-order valence-electron chi connectivity index (χ1n) is 12.0. The van der Waals surface area contributed by atoms with Gasteiger partial charge < -0.3 is 21.1 Å². The molecule has 1 amide bonds. The third kappa shape index (κ3) is 6.47. The van der Waals surface area contributed by atoms with E-state index in [4.69, 9.17) is 27.9 Å². The number of carbonyl (C=O) groups excluding carboxylic acids is 1. The maximum atomic E-state index is 13.7. The predicted molar refractivity (Wildman–Crippen MR) is 144 cm³/mol. The molecule has 208 valence electrons. The number of alkyl halides is 3. The Morgan fingerprint density at radius 1 is 1.31 bits per heavy atom. The maximum absolute atomic E-state index is 13.7. The largest absolute Gasteiger partial charge is 0.494 e. The van der Waals surface area contributed by atoms with E-state index in [1.807, 2.05) is 6.92 Å². The molecule has 0 bridgehead atoms. The van der Waals surface area contributed by atoms with Crippen molar-refractivity contribution >= 4 is 34.6 Å². The molecule has 1 aliphatic rings. The first kappa shape index (κ1) is 28.3. The first-order valence-corrected chi connectivity index (χ1v) is 12.4. The molecule has 13 heteroatoms. The summed E-state index contributed by atoms with van der Waals surface area (Å²) in [4.78, 5) is 13.2. The minimum absolute atomic E-state index is 0.103. The van der Waals surface area contributed by atoms with E-state index in [0.717, 1.165) is 35.7 Å². The molecule has 39 heavy (non-hydrogen) atoms. The van der Waals surface area contributed by atoms with Crippen molar-refractivity contribution in [3.05, 3.63) is 75.7 Å². The molecule has 6 N–H and O–H groups in total. The summed E-state index contributed by atoms with van der Waals surface area (Å²) in [5.41, 5.74) is 7.62. The van der Waals surface area contributed by atoms with Crippen LogP contribution in [0.1, 0.15) is 45.6 Å². The number of methoxy groups -OCH3 is 1. The minimum atomic E-state index is -4.62. The lowest BCUT2D eigenvalue weighted by molar-refractivity contribution is -0.137. The van der Waals surface area contributed by atoms with Crippen molar-refractivity contribution in [2.24, 2.45) is 18.6 Å². The highest BCUT2D eigenvalue weighted by molar-refractivity contribution is 6.33. The van der Waals surface area contributed by atoms with Crippen LogP contribution in [0.5, 0.6) is 5.75 Å². The summed E-state index contributed by atoms with van der Waals surface area (Å²) in [6.07, 6.45) is 0.334. The molecule has 0 unspecified atom stereocenters. The summed E-state index contributed by atoms with van der Waals surface area (Å²) < 4.78 is 48.1. The fourth-order valence-electron chi connectivity index (χ4n) is 3.98. The zero-order chi connectivity index (χ0) is 28.5. The molecule has 4 rings (SSSR count). The second-order valence-electron chi connectivity index (χ2n) is 9.25. The Hall–Kier alpha value is -3.74. The summed E-state index contributed by atoms with van der Waals surface area (Å²) >= 11 is 6.33. The SMILES string of the molecule is COc1c(CNC2CC2)cc(C(F)(F)F)cc1NC(=O)c1ccc(Cl)c(N(N)/C=C(\N)c2cnn(C)c2C)c1. The Kier molecular flexibility index (Phi) is 8.09. The number of hydrazine groups is 1. The summed E-state index contributed by atoms with van der Waals surface area (Å²) in [6.45, 7) is 2.01. The molecule has 1 aromatic heterocycles. The van der Waals surface area contributed by atoms with Gasteiger partial charge >= 0.3 is 6.18 Å². The van der Waals surface area contributed by atoms with Gasteiger partial charge in [-0.2, -0.15) is 18.3 Å². The van der Waals surface area contributed by atoms with E-state index < -0.39 is 17.6 Å². The third-order valence-electron chi connectivity index (χ3n) is 6.41. The lowest BCUT2D eigenvalue weighted by atomic mass is 10.1. The summed E-state index contributed by atoms with van der Waals surface area (Å²) in [6, 6.07) is 6.44. The Bertz CT molecular complexity index is 1420. The molecule has 2 aromatic carbocycles. The topological polar surface area (TPSA) is 123 Å². The monoisotopic (exact) mass is 563 g/mol. The number of amides is 1. The molecule has 0 saturated heterocycles. The molecule has 0 spiro atoms. The number of anilines is 2. The number of ether oxygens (including phenoxy) is 1. The maximum Gasteiger partial charge on any atom is 0.416 e. The molecule has 1 saturated carbocycles. The van der Waals surface area contributed by atoms with Crippen molar-refractivity contribution in [2.75, 3.05) is 17.4 Å². The number of halogens is 4. The van der Waals surface area contributed by atoms with Crippen molar-refractivity contribution in [3.63, 3.8) is 0 Å². The van der Waals surface area contributed by atoms with E-state index in [1.165, 1.54) is 31.5 Å². The number of aryl methyl sites for hydroxylation is 1. The van der Waals surface area contributed by atoms with Gasteiger partial charge in [-0.3, -0.25) is 14.5 Å². The molecule has 1 aliphatic carbocycles. The van der Waals surface area contributed by atoms with Crippen molar-refractivity contribution in [2.45, 2.75) is 38.5 Å². The molecule has 0 atom stereocenters. The Labute approximate surface area is 228 Å². The van der Waals surface area contributed by atoms with Gasteiger partial charge in [0.15, 0.2) is 0 Å². The van der Waals surface area contributed by atoms with Crippen LogP contribution in [0.15, 0.2) is 42.7 Å². The number of nitrogens with one attached hydrogen (secondary N) is 2. The van der Waals surface area contributed by atoms with Gasteiger partial charge in [0.1, 0.15) is 5.75 Å². The van der Waals surface area contributed by atoms with Crippen LogP contribution in [0.2, 0.25) is 5.02 Å². The van der Waals surface area contributed by atoms with Gasteiger partial charge in [-0.25, -0.2) is 5.84 Å². The number of rotatable bonds is 9. The highest BCUT2D eigenvalue weighted by atomic mass is 35.5. The number of nitrogens with two attached hydrogens (primary N) is 2. The minimum Gasteiger partial charge on any atom is -0.494 e. The van der Waals surface area contributed by atoms with E-state index in [2.05, 4.69) is 15.7 Å². The zero-order valence-corrected chi connectivity index (χ0v) is 22.3. The van der Waals surface area contributed by atoms with Crippen LogP contribution in [0, 0.1) is 6.92 Å². The van der Waals surface area contributed by atoms with Crippen LogP contribution in [0.4, 0.5) is 24.5 Å². The van der Waals surface area contributed by atoms with Gasteiger partial charge in [0.25, 0.3) is 5.91 Å². The Balaban J connectivity index is 1.63. The fraction of sp³-hybridized carbons (Fsp3) is 0.308. The second kappa shape index (κ2) is 11.2. The van der Waals surface area contributed by atoms with Crippen molar-refractivity contribution < 1.29 is 22.7 Å². The number of hydrogen-bond donors (Lipinski definition) is 4. The van der Waals surface area contributed by atoms with Crippen LogP contribution in [0.25, 0.3) is 5.70 Å². The molecule has 0 radical (unpaired) electrons. The molecular weight excluding hydrogens is 535 g/mol. The average Bonchev–Trinajstić information content (AvgIpc) is 3.65. The molecule has 0 aliphatic heterocycles. The van der Waals surface area contributed by atoms with E-state index in [9.17, 15) is 18.0 Å². The molecule has 1 fully saturated rings. The first-order chi connectivity index (χ1) is 18.4. The number of hydrogen-bond acceptors (Lipinski definition) is 7. The van der Waals surface area contributed by atoms with Gasteiger partial charge in [-0.1, -0.05) is 11.6 Å². The molecule has 9 nitrogen and oxygen atoms in total. The molecule has 3 aromatic rings. The lowest BCUT2D eigenvalue weighted by Gasteiger charge is -2.19. The average molecular weight is 564 g/mol. The normalized spacial score (nSPS) is 13.9. The standard InChI is InChI=1S/C26H29ClF3N7O2/c1-14-19(12-34-36(14)2)21(31)13-37(32)23-9-15(4-7-20(23)27)25(38)35-22-10-17(26(28,29)30)8-16(24(22)39-3)11-33-18-5-6-18/h4,7-10,12-13,18,33H,5-6,11,31-32H2,1-3H3,(H,35,38)/b21-13-. The number of benzene rings is 2. The highest BCUT2D eigenvalue weighted by Crippen LogP contribution is 2.39. The quantitative estimate of drug-likeness (QED) is 0.222. The smallest absolute Gasteiger partial charge is 0.416 e. The highest BCUT2D eigenvalue weighted by Gasteiger charge is 2.33. The zero-order valence-electron chi connectivity index (χ0n) is 21.6. The van der Waals surface area contributed by atoms with Crippen LogP contribution in [-0.2, 0) is 19.8 Å². The van der Waals surface area contributed by atoms with Gasteiger partial charge in [0.2, 0.25) is 0 Å². The summed E-state index contributed by atoms with van der Waals surface area (Å²) in [5.74, 6) is 5.65. The number of aromatic nitrogens is 2. The van der Waals surface area contributed by atoms with Crippen molar-refractivity contribution in [1.82, 2.24) is 15.1 Å². The lowest BCUT2D eigenvalue weighted by Crippen LogP contribution is -2.26. The van der Waals surface area contributed by atoms with E-state index in [0.29, 0.717) is 11.3 Å². The third-order valence-corrected chi connectivity index (χ3v) is 6.73. The van der Waals surface area contributed by atoms with Crippen LogP contribution in [0.3, 0.4) is 0 Å². The van der Waals surface area contributed by atoms with Gasteiger partial charge in [0, 0.05) is 48.2 Å². The number of carbonyl (C=O) groups is 1. The van der Waals surface area contributed by atoms with Crippen molar-refractivity contribution in [3.8, 4) is 5.75 Å². The summed E-state index contributed by atoms with van der Waals surface area (Å²) in [7, 11) is 3.11. The summed E-state index contributed by atoms with van der Waals surface area (Å²) in [5, 5.41) is 11.3. The predicted octanol–water partition coefficient (Wildman–Crippen LogP) is 4.55. The molecular formula is C26H29ClF3N7O2. The van der Waals surface area contributed by atoms with Gasteiger partial charge in [0.05, 0.1) is 41.0 Å². The Morgan fingerprint density at radius 2 is 2.03 bits per heavy atom. The van der Waals surface area contributed by atoms with Crippen molar-refractivity contribution in [1.29, 1.82) is 0 Å². The van der Waals surface area contributed by atoms with Crippen LogP contribution < -0.4 is 32.0 Å².